The summed E-state index contributed by atoms with van der Waals surface area (Å²) in [6.07, 6.45) is 6.12. The minimum Gasteiger partial charge on any atom is -0.512 e. The van der Waals surface area contributed by atoms with Crippen molar-refractivity contribution in [3.63, 3.8) is 0 Å². The van der Waals surface area contributed by atoms with Gasteiger partial charge in [-0.15, -0.1) is 34.9 Å². The molecule has 3 aromatic rings. The van der Waals surface area contributed by atoms with Crippen LogP contribution in [0.3, 0.4) is 0 Å². The molecule has 0 bridgehead atoms. The summed E-state index contributed by atoms with van der Waals surface area (Å²) in [5, 5.41) is 11.9. The Balaban J connectivity index is 0.000000402. The maximum atomic E-state index is 11.4. The third kappa shape index (κ3) is 8.68. The first kappa shape index (κ1) is 31.7. The van der Waals surface area contributed by atoms with Crippen LogP contribution in [0.1, 0.15) is 83.4 Å². The van der Waals surface area contributed by atoms with Crippen molar-refractivity contribution in [2.75, 3.05) is 0 Å². The van der Waals surface area contributed by atoms with Crippen molar-refractivity contribution in [1.29, 1.82) is 0 Å². The van der Waals surface area contributed by atoms with Gasteiger partial charge in [-0.1, -0.05) is 73.6 Å². The Bertz CT molecular complexity index is 1150. The fourth-order valence-corrected chi connectivity index (χ4v) is 3.82. The molecule has 0 saturated carbocycles. The second kappa shape index (κ2) is 15.1. The van der Waals surface area contributed by atoms with Crippen molar-refractivity contribution in [3.05, 3.63) is 77.2 Å². The number of aliphatic hydroxyl groups is 1. The largest absolute Gasteiger partial charge is 0.512 e. The van der Waals surface area contributed by atoms with Crippen LogP contribution in [0, 0.1) is 31.7 Å². The summed E-state index contributed by atoms with van der Waals surface area (Å²) in [5.41, 5.74) is 5.92. The first-order valence-corrected chi connectivity index (χ1v) is 12.9. The monoisotopic (exact) mass is 665 g/mol. The standard InChI is InChI=1S/C21H22N.C11H20O2.Ir/c1-5-16(4)17-6-7-20-18(13-17)8-9-22-21(20)19-11-14(2)10-15(3)12-19;1-5-8(3)10(12)7-11(13)9(4)6-2;/h6-11,13,16H,5H2,1-4H3;7-9,12H,5-6H2,1-4H3;/q-1;;/b;10-7-;. The zero-order valence-electron chi connectivity index (χ0n) is 23.1. The molecule has 0 aliphatic heterocycles. The Morgan fingerprint density at radius 3 is 2.22 bits per heavy atom. The molecule has 0 fully saturated rings. The Morgan fingerprint density at radius 2 is 1.64 bits per heavy atom. The molecule has 4 heteroatoms. The van der Waals surface area contributed by atoms with Crippen LogP contribution in [0.4, 0.5) is 0 Å². The SMILES string of the molecule is CCC(C)C(=O)/C=C(\O)C(C)CC.CCC(C)c1ccc2c(-c3[c-]c(C)cc(C)c3)nccc2c1.[Ir]. The average molecular weight is 665 g/mol. The van der Waals surface area contributed by atoms with Gasteiger partial charge in [0.25, 0.3) is 0 Å². The van der Waals surface area contributed by atoms with E-state index in [4.69, 9.17) is 0 Å². The predicted molar refractivity (Wildman–Crippen MR) is 149 cm³/mol. The second-order valence-electron chi connectivity index (χ2n) is 9.79. The van der Waals surface area contributed by atoms with Crippen molar-refractivity contribution in [2.45, 2.75) is 80.6 Å². The number of aromatic nitrogens is 1. The smallest absolute Gasteiger partial charge is 0.161 e. The maximum Gasteiger partial charge on any atom is 0.161 e. The van der Waals surface area contributed by atoms with Gasteiger partial charge >= 0.3 is 0 Å². The topological polar surface area (TPSA) is 50.2 Å². The van der Waals surface area contributed by atoms with E-state index in [-0.39, 0.29) is 43.5 Å². The molecule has 0 spiro atoms. The van der Waals surface area contributed by atoms with Gasteiger partial charge in [-0.25, -0.2) is 0 Å². The fourth-order valence-electron chi connectivity index (χ4n) is 3.82. The number of rotatable bonds is 8. The first-order chi connectivity index (χ1) is 16.6. The number of hydrogen-bond donors (Lipinski definition) is 1. The van der Waals surface area contributed by atoms with E-state index in [1.165, 1.54) is 28.0 Å². The Labute approximate surface area is 231 Å². The predicted octanol–water partition coefficient (Wildman–Crippen LogP) is 8.92. The molecule has 0 aliphatic rings. The van der Waals surface area contributed by atoms with Gasteiger partial charge in [0.1, 0.15) is 0 Å². The number of carbonyl (C=O) groups excluding carboxylic acids is 1. The first-order valence-electron chi connectivity index (χ1n) is 12.9. The molecule has 2 aromatic carbocycles. The molecule has 0 amide bonds. The van der Waals surface area contributed by atoms with E-state index in [9.17, 15) is 9.90 Å². The Morgan fingerprint density at radius 1 is 0.972 bits per heavy atom. The van der Waals surface area contributed by atoms with Crippen LogP contribution in [-0.2, 0) is 24.9 Å². The van der Waals surface area contributed by atoms with Crippen LogP contribution < -0.4 is 0 Å². The quantitative estimate of drug-likeness (QED) is 0.149. The molecule has 3 rings (SSSR count). The maximum absolute atomic E-state index is 11.4. The molecule has 1 aromatic heterocycles. The zero-order valence-corrected chi connectivity index (χ0v) is 25.5. The number of ketones is 1. The molecule has 197 valence electrons. The molecule has 0 aliphatic carbocycles. The van der Waals surface area contributed by atoms with Gasteiger partial charge in [0, 0.05) is 44.2 Å². The van der Waals surface area contributed by atoms with Gasteiger partial charge < -0.3 is 10.1 Å². The number of aryl methyl sites for hydroxylation is 2. The fraction of sp³-hybridized carbons (Fsp3) is 0.438. The molecule has 1 heterocycles. The van der Waals surface area contributed by atoms with Crippen LogP contribution in [0.15, 0.2) is 54.4 Å². The van der Waals surface area contributed by atoms with Crippen molar-refractivity contribution in [3.8, 4) is 11.3 Å². The minimum atomic E-state index is 0. The summed E-state index contributed by atoms with van der Waals surface area (Å²) in [5.74, 6) is 0.945. The number of hydrogen-bond acceptors (Lipinski definition) is 3. The second-order valence-corrected chi connectivity index (χ2v) is 9.79. The van der Waals surface area contributed by atoms with E-state index in [1.807, 2.05) is 33.9 Å². The molecule has 36 heavy (non-hydrogen) atoms. The van der Waals surface area contributed by atoms with Crippen LogP contribution >= 0.6 is 0 Å². The summed E-state index contributed by atoms with van der Waals surface area (Å²) < 4.78 is 0. The third-order valence-electron chi connectivity index (χ3n) is 6.88. The normalized spacial score (nSPS) is 13.7. The zero-order chi connectivity index (χ0) is 26.1. The van der Waals surface area contributed by atoms with Gasteiger partial charge in [0.15, 0.2) is 5.78 Å². The molecule has 1 radical (unpaired) electrons. The van der Waals surface area contributed by atoms with Gasteiger partial charge in [-0.05, 0) is 53.3 Å². The number of pyridine rings is 1. The van der Waals surface area contributed by atoms with Crippen LogP contribution in [0.5, 0.6) is 0 Å². The van der Waals surface area contributed by atoms with Gasteiger partial charge in [-0.3, -0.25) is 4.79 Å². The molecule has 3 unspecified atom stereocenters. The number of carbonyl (C=O) groups is 1. The Hall–Kier alpha value is -2.29. The number of aliphatic hydroxyl groups excluding tert-OH is 1. The molecular formula is C32H42IrNO2-. The Kier molecular flexibility index (Phi) is 13.3. The van der Waals surface area contributed by atoms with Gasteiger partial charge in [0.05, 0.1) is 5.76 Å². The van der Waals surface area contributed by atoms with Gasteiger partial charge in [-0.2, -0.15) is 0 Å². The van der Waals surface area contributed by atoms with Gasteiger partial charge in [0.2, 0.25) is 0 Å². The van der Waals surface area contributed by atoms with Crippen LogP contribution in [-0.4, -0.2) is 15.9 Å². The van der Waals surface area contributed by atoms with E-state index < -0.39 is 0 Å². The van der Waals surface area contributed by atoms with Crippen molar-refractivity contribution in [2.24, 2.45) is 11.8 Å². The number of fused-ring (bicyclic) bond motifs is 1. The number of benzene rings is 2. The van der Waals surface area contributed by atoms with E-state index >= 15 is 0 Å². The van der Waals surface area contributed by atoms with E-state index in [1.54, 1.807) is 0 Å². The van der Waals surface area contributed by atoms with E-state index in [0.29, 0.717) is 5.92 Å². The summed E-state index contributed by atoms with van der Waals surface area (Å²) in [7, 11) is 0. The summed E-state index contributed by atoms with van der Waals surface area (Å²) in [4.78, 5) is 16.0. The summed E-state index contributed by atoms with van der Waals surface area (Å²) in [6, 6.07) is 16.6. The molecule has 3 atom stereocenters. The number of allylic oxidation sites excluding steroid dienone is 2. The van der Waals surface area contributed by atoms with Crippen molar-refractivity contribution in [1.82, 2.24) is 4.98 Å². The summed E-state index contributed by atoms with van der Waals surface area (Å²) >= 11 is 0. The number of nitrogens with zero attached hydrogens (tertiary/aromatic N) is 1. The molecular weight excluding hydrogens is 623 g/mol. The average Bonchev–Trinajstić information content (AvgIpc) is 2.86. The molecule has 0 saturated heterocycles. The van der Waals surface area contributed by atoms with Crippen LogP contribution in [0.25, 0.3) is 22.0 Å². The minimum absolute atomic E-state index is 0. The summed E-state index contributed by atoms with van der Waals surface area (Å²) in [6.45, 7) is 16.5. The molecule has 1 N–H and O–H groups in total. The third-order valence-corrected chi connectivity index (χ3v) is 6.88. The van der Waals surface area contributed by atoms with Crippen LogP contribution in [0.2, 0.25) is 0 Å². The van der Waals surface area contributed by atoms with Crippen molar-refractivity contribution < 1.29 is 30.0 Å². The van der Waals surface area contributed by atoms with Crippen molar-refractivity contribution >= 4 is 16.6 Å². The molecule has 3 nitrogen and oxygen atoms in total. The van der Waals surface area contributed by atoms with E-state index in [2.05, 4.69) is 75.1 Å². The van der Waals surface area contributed by atoms with E-state index in [0.717, 1.165) is 36.1 Å².